The van der Waals surface area contributed by atoms with Crippen molar-refractivity contribution in [1.29, 1.82) is 0 Å². The Morgan fingerprint density at radius 3 is 2.83 bits per heavy atom. The maximum atomic E-state index is 12.3. The number of hydrogen-bond acceptors (Lipinski definition) is 4. The molecule has 1 aliphatic rings. The molecule has 0 saturated carbocycles. The van der Waals surface area contributed by atoms with Crippen molar-refractivity contribution in [1.82, 2.24) is 9.88 Å². The first-order valence-corrected chi connectivity index (χ1v) is 8.51. The number of aromatic nitrogens is 1. The van der Waals surface area contributed by atoms with Crippen LogP contribution in [0.15, 0.2) is 39.5 Å². The first-order chi connectivity index (χ1) is 11.1. The molecule has 0 N–H and O–H groups in total. The van der Waals surface area contributed by atoms with E-state index in [2.05, 4.69) is 20.9 Å². The maximum Gasteiger partial charge on any atom is 0.289 e. The lowest BCUT2D eigenvalue weighted by Crippen LogP contribution is -2.39. The molecule has 1 amide bonds. The van der Waals surface area contributed by atoms with E-state index in [1.165, 1.54) is 0 Å². The number of nitrogens with zero attached hydrogens (tertiary/aromatic N) is 2. The van der Waals surface area contributed by atoms with Crippen LogP contribution in [-0.4, -0.2) is 35.5 Å². The summed E-state index contributed by atoms with van der Waals surface area (Å²) in [5, 5.41) is 0. The van der Waals surface area contributed by atoms with Gasteiger partial charge in [0.15, 0.2) is 10.4 Å². The number of rotatable bonds is 4. The maximum absolute atomic E-state index is 12.3. The fourth-order valence-electron chi connectivity index (χ4n) is 2.71. The van der Waals surface area contributed by atoms with E-state index in [0.717, 1.165) is 37.4 Å². The van der Waals surface area contributed by atoms with E-state index in [9.17, 15) is 4.79 Å². The second-order valence-electron chi connectivity index (χ2n) is 5.78. The second-order valence-corrected chi connectivity index (χ2v) is 6.56. The molecule has 122 valence electrons. The molecule has 23 heavy (non-hydrogen) atoms. The number of amides is 1. The molecule has 1 fully saturated rings. The van der Waals surface area contributed by atoms with Crippen LogP contribution in [0.4, 0.5) is 0 Å². The van der Waals surface area contributed by atoms with Crippen LogP contribution in [0.1, 0.15) is 29.1 Å². The Hall–Kier alpha value is -1.82. The van der Waals surface area contributed by atoms with Gasteiger partial charge < -0.3 is 14.1 Å². The van der Waals surface area contributed by atoms with Crippen molar-refractivity contribution in [2.75, 3.05) is 19.7 Å². The second kappa shape index (κ2) is 7.17. The van der Waals surface area contributed by atoms with Crippen LogP contribution in [-0.2, 0) is 0 Å². The lowest BCUT2D eigenvalue weighted by atomic mass is 9.97. The Bertz CT molecular complexity index is 678. The summed E-state index contributed by atoms with van der Waals surface area (Å²) >= 11 is 3.22. The molecule has 0 bridgehead atoms. The quantitative estimate of drug-likeness (QED) is 0.813. The van der Waals surface area contributed by atoms with Gasteiger partial charge in [-0.05, 0) is 59.8 Å². The molecule has 2 aromatic heterocycles. The van der Waals surface area contributed by atoms with E-state index in [-0.39, 0.29) is 5.91 Å². The molecule has 2 aromatic rings. The highest BCUT2D eigenvalue weighted by Crippen LogP contribution is 2.22. The standard InChI is InChI=1S/C17H19BrN2O3/c1-12-10-14(4-7-19-12)22-11-13-5-8-20(9-6-13)17(21)15-2-3-16(18)23-15/h2-4,7,10,13H,5-6,8-9,11H2,1H3. The Balaban J connectivity index is 1.47. The van der Waals surface area contributed by atoms with Gasteiger partial charge in [0.25, 0.3) is 5.91 Å². The van der Waals surface area contributed by atoms with E-state index in [1.807, 2.05) is 24.0 Å². The van der Waals surface area contributed by atoms with Crippen LogP contribution in [0, 0.1) is 12.8 Å². The number of carbonyl (C=O) groups excluding carboxylic acids is 1. The Kier molecular flexibility index (Phi) is 5.00. The molecule has 0 aromatic carbocycles. The van der Waals surface area contributed by atoms with Crippen molar-refractivity contribution >= 4 is 21.8 Å². The van der Waals surface area contributed by atoms with Crippen LogP contribution in [0.5, 0.6) is 5.75 Å². The average Bonchev–Trinajstić information content (AvgIpc) is 2.99. The fourth-order valence-corrected chi connectivity index (χ4v) is 3.02. The third-order valence-corrected chi connectivity index (χ3v) is 4.47. The van der Waals surface area contributed by atoms with Gasteiger partial charge in [-0.2, -0.15) is 0 Å². The Morgan fingerprint density at radius 1 is 1.39 bits per heavy atom. The van der Waals surface area contributed by atoms with Gasteiger partial charge in [-0.1, -0.05) is 0 Å². The van der Waals surface area contributed by atoms with E-state index < -0.39 is 0 Å². The molecular formula is C17H19BrN2O3. The lowest BCUT2D eigenvalue weighted by Gasteiger charge is -2.31. The minimum absolute atomic E-state index is 0.0418. The van der Waals surface area contributed by atoms with E-state index in [0.29, 0.717) is 23.0 Å². The normalized spacial score (nSPS) is 15.7. The smallest absolute Gasteiger partial charge is 0.289 e. The molecular weight excluding hydrogens is 360 g/mol. The zero-order valence-corrected chi connectivity index (χ0v) is 14.6. The van der Waals surface area contributed by atoms with Crippen molar-refractivity contribution in [2.24, 2.45) is 5.92 Å². The van der Waals surface area contributed by atoms with Gasteiger partial charge in [0.05, 0.1) is 6.61 Å². The average molecular weight is 379 g/mol. The van der Waals surface area contributed by atoms with Gasteiger partial charge >= 0.3 is 0 Å². The number of furan rings is 1. The zero-order valence-electron chi connectivity index (χ0n) is 13.0. The van der Waals surface area contributed by atoms with Gasteiger partial charge in [-0.25, -0.2) is 0 Å². The number of carbonyl (C=O) groups is 1. The number of halogens is 1. The summed E-state index contributed by atoms with van der Waals surface area (Å²) in [4.78, 5) is 18.3. The van der Waals surface area contributed by atoms with Gasteiger partial charge in [0.2, 0.25) is 0 Å². The van der Waals surface area contributed by atoms with Crippen molar-refractivity contribution in [3.05, 3.63) is 46.6 Å². The van der Waals surface area contributed by atoms with Gasteiger partial charge in [-0.15, -0.1) is 0 Å². The van der Waals surface area contributed by atoms with Gasteiger partial charge in [0, 0.05) is 31.0 Å². The van der Waals surface area contributed by atoms with Crippen LogP contribution in [0.25, 0.3) is 0 Å². The summed E-state index contributed by atoms with van der Waals surface area (Å²) in [6.45, 7) is 4.10. The molecule has 1 aliphatic heterocycles. The molecule has 0 unspecified atom stereocenters. The number of hydrogen-bond donors (Lipinski definition) is 0. The first kappa shape index (κ1) is 16.1. The molecule has 1 saturated heterocycles. The summed E-state index contributed by atoms with van der Waals surface area (Å²) < 4.78 is 11.8. The lowest BCUT2D eigenvalue weighted by molar-refractivity contribution is 0.0628. The predicted molar refractivity (Wildman–Crippen MR) is 89.5 cm³/mol. The number of piperidine rings is 1. The minimum Gasteiger partial charge on any atom is -0.493 e. The van der Waals surface area contributed by atoms with Crippen LogP contribution >= 0.6 is 15.9 Å². The van der Waals surface area contributed by atoms with E-state index in [1.54, 1.807) is 18.3 Å². The number of ether oxygens (including phenoxy) is 1. The molecule has 3 heterocycles. The summed E-state index contributed by atoms with van der Waals surface area (Å²) in [7, 11) is 0. The third-order valence-electron chi connectivity index (χ3n) is 4.04. The molecule has 0 atom stereocenters. The molecule has 0 aliphatic carbocycles. The largest absolute Gasteiger partial charge is 0.493 e. The van der Waals surface area contributed by atoms with Crippen LogP contribution in [0.2, 0.25) is 0 Å². The van der Waals surface area contributed by atoms with Gasteiger partial charge in [0.1, 0.15) is 5.75 Å². The SMILES string of the molecule is Cc1cc(OCC2CCN(C(=O)c3ccc(Br)o3)CC2)ccn1. The van der Waals surface area contributed by atoms with Crippen molar-refractivity contribution < 1.29 is 13.9 Å². The Labute approximate surface area is 143 Å². The highest BCUT2D eigenvalue weighted by atomic mass is 79.9. The summed E-state index contributed by atoms with van der Waals surface area (Å²) in [6.07, 6.45) is 3.64. The Morgan fingerprint density at radius 2 is 2.17 bits per heavy atom. The van der Waals surface area contributed by atoms with Gasteiger partial charge in [-0.3, -0.25) is 9.78 Å². The summed E-state index contributed by atoms with van der Waals surface area (Å²) in [6, 6.07) is 7.26. The van der Waals surface area contributed by atoms with Crippen molar-refractivity contribution in [3.63, 3.8) is 0 Å². The predicted octanol–water partition coefficient (Wildman–Crippen LogP) is 3.68. The molecule has 6 heteroatoms. The fraction of sp³-hybridized carbons (Fsp3) is 0.412. The topological polar surface area (TPSA) is 55.6 Å². The minimum atomic E-state index is -0.0418. The summed E-state index contributed by atoms with van der Waals surface area (Å²) in [5.41, 5.74) is 0.951. The molecule has 0 spiro atoms. The first-order valence-electron chi connectivity index (χ1n) is 7.72. The van der Waals surface area contributed by atoms with Crippen LogP contribution < -0.4 is 4.74 Å². The number of likely N-dealkylation sites (tertiary alicyclic amines) is 1. The molecule has 3 rings (SSSR count). The summed E-state index contributed by atoms with van der Waals surface area (Å²) in [5.74, 6) is 1.67. The van der Waals surface area contributed by atoms with Crippen molar-refractivity contribution in [3.8, 4) is 5.75 Å². The highest BCUT2D eigenvalue weighted by molar-refractivity contribution is 9.10. The monoisotopic (exact) mass is 378 g/mol. The number of aryl methyl sites for hydroxylation is 1. The molecule has 5 nitrogen and oxygen atoms in total. The van der Waals surface area contributed by atoms with E-state index in [4.69, 9.17) is 9.15 Å². The molecule has 0 radical (unpaired) electrons. The van der Waals surface area contributed by atoms with E-state index >= 15 is 0 Å². The number of pyridine rings is 1. The zero-order chi connectivity index (χ0) is 16.2. The highest BCUT2D eigenvalue weighted by Gasteiger charge is 2.25. The van der Waals surface area contributed by atoms with Crippen molar-refractivity contribution in [2.45, 2.75) is 19.8 Å². The van der Waals surface area contributed by atoms with Crippen LogP contribution in [0.3, 0.4) is 0 Å². The third kappa shape index (κ3) is 4.13.